The highest BCUT2D eigenvalue weighted by Gasteiger charge is 2.35. The van der Waals surface area contributed by atoms with Gasteiger partial charge in [0.2, 0.25) is 5.91 Å². The summed E-state index contributed by atoms with van der Waals surface area (Å²) >= 11 is 0. The molecule has 1 N–H and O–H groups in total. The molecule has 0 bridgehead atoms. The Labute approximate surface area is 187 Å². The third kappa shape index (κ3) is 5.86. The summed E-state index contributed by atoms with van der Waals surface area (Å²) in [6.07, 6.45) is -5.56. The Morgan fingerprint density at radius 2 is 1.76 bits per heavy atom. The summed E-state index contributed by atoms with van der Waals surface area (Å²) in [7, 11) is 0. The number of fused-ring (bicyclic) bond motifs is 1. The lowest BCUT2D eigenvalue weighted by atomic mass is 10.1. The molecule has 2 heterocycles. The second-order valence-corrected chi connectivity index (χ2v) is 7.51. The molecule has 2 aliphatic heterocycles. The van der Waals surface area contributed by atoms with Crippen molar-refractivity contribution in [2.45, 2.75) is 12.5 Å². The number of carbonyl (C=O) groups is 2. The number of hydrogen-bond acceptors (Lipinski definition) is 6. The largest absolute Gasteiger partial charge is 0.573 e. The molecule has 0 radical (unpaired) electrons. The van der Waals surface area contributed by atoms with E-state index in [4.69, 9.17) is 9.47 Å². The summed E-state index contributed by atoms with van der Waals surface area (Å²) in [5.74, 6) is -0.448. The zero-order valence-electron chi connectivity index (χ0n) is 17.5. The maximum absolute atomic E-state index is 12.9. The standard InChI is InChI=1S/C22H22F3N3O5/c23-22(24,25)33-16-7-5-15(6-8-16)26-20(29)14-28-13-19(21(30)27-9-11-31-12-10-27)32-18-4-2-1-3-17(18)28/h1-8,19H,9-14H2,(H,26,29). The number of rotatable bonds is 5. The predicted molar refractivity (Wildman–Crippen MR) is 112 cm³/mol. The summed E-state index contributed by atoms with van der Waals surface area (Å²) in [5, 5.41) is 2.65. The molecule has 1 unspecified atom stereocenters. The van der Waals surface area contributed by atoms with E-state index in [-0.39, 0.29) is 24.7 Å². The Hall–Kier alpha value is -3.47. The monoisotopic (exact) mass is 465 g/mol. The molecule has 0 aliphatic carbocycles. The molecule has 2 aromatic carbocycles. The average Bonchev–Trinajstić information content (AvgIpc) is 2.79. The van der Waals surface area contributed by atoms with Gasteiger partial charge >= 0.3 is 6.36 Å². The first kappa shape index (κ1) is 22.7. The fraction of sp³-hybridized carbons (Fsp3) is 0.364. The summed E-state index contributed by atoms with van der Waals surface area (Å²) in [6.45, 7) is 2.00. The first-order valence-electron chi connectivity index (χ1n) is 10.3. The molecular formula is C22H22F3N3O5. The van der Waals surface area contributed by atoms with E-state index in [0.29, 0.717) is 43.4 Å². The van der Waals surface area contributed by atoms with Gasteiger partial charge in [0.15, 0.2) is 6.10 Å². The third-order valence-corrected chi connectivity index (χ3v) is 5.17. The fourth-order valence-corrected chi connectivity index (χ4v) is 3.69. The number of halogens is 3. The van der Waals surface area contributed by atoms with Gasteiger partial charge in [-0.15, -0.1) is 13.2 Å². The fourth-order valence-electron chi connectivity index (χ4n) is 3.69. The van der Waals surface area contributed by atoms with Crippen LogP contribution in [0.3, 0.4) is 0 Å². The minimum Gasteiger partial charge on any atom is -0.477 e. The number of benzene rings is 2. The van der Waals surface area contributed by atoms with Gasteiger partial charge in [-0.1, -0.05) is 12.1 Å². The summed E-state index contributed by atoms with van der Waals surface area (Å²) < 4.78 is 51.9. The van der Waals surface area contributed by atoms with Gasteiger partial charge in [0.1, 0.15) is 11.5 Å². The number of alkyl halides is 3. The van der Waals surface area contributed by atoms with Crippen molar-refractivity contribution in [3.63, 3.8) is 0 Å². The molecule has 176 valence electrons. The number of morpholine rings is 1. The Kier molecular flexibility index (Phi) is 6.59. The Balaban J connectivity index is 1.42. The van der Waals surface area contributed by atoms with Gasteiger partial charge in [-0.25, -0.2) is 0 Å². The molecule has 0 spiro atoms. The first-order valence-corrected chi connectivity index (χ1v) is 10.3. The van der Waals surface area contributed by atoms with Gasteiger partial charge in [-0.2, -0.15) is 0 Å². The molecule has 2 aliphatic rings. The van der Waals surface area contributed by atoms with Gasteiger partial charge in [0.25, 0.3) is 5.91 Å². The molecule has 2 aromatic rings. The molecule has 0 saturated carbocycles. The molecule has 8 nitrogen and oxygen atoms in total. The third-order valence-electron chi connectivity index (χ3n) is 5.17. The van der Waals surface area contributed by atoms with E-state index in [1.54, 1.807) is 34.1 Å². The Morgan fingerprint density at radius 1 is 1.06 bits per heavy atom. The number of hydrogen-bond donors (Lipinski definition) is 1. The predicted octanol–water partition coefficient (Wildman–Crippen LogP) is 2.65. The van der Waals surface area contributed by atoms with E-state index in [0.717, 1.165) is 12.1 Å². The van der Waals surface area contributed by atoms with Crippen LogP contribution in [0, 0.1) is 0 Å². The van der Waals surface area contributed by atoms with E-state index in [9.17, 15) is 22.8 Å². The van der Waals surface area contributed by atoms with Crippen molar-refractivity contribution in [1.29, 1.82) is 0 Å². The summed E-state index contributed by atoms with van der Waals surface area (Å²) in [4.78, 5) is 29.0. The number of ether oxygens (including phenoxy) is 3. The number of carbonyl (C=O) groups excluding carboxylic acids is 2. The number of nitrogens with one attached hydrogen (secondary N) is 1. The molecule has 33 heavy (non-hydrogen) atoms. The molecule has 11 heteroatoms. The topological polar surface area (TPSA) is 80.3 Å². The maximum Gasteiger partial charge on any atom is 0.573 e. The lowest BCUT2D eigenvalue weighted by Gasteiger charge is -2.38. The number of amides is 2. The lowest BCUT2D eigenvalue weighted by molar-refractivity contribution is -0.274. The quantitative estimate of drug-likeness (QED) is 0.732. The van der Waals surface area contributed by atoms with Crippen LogP contribution < -0.4 is 19.7 Å². The molecule has 1 saturated heterocycles. The Morgan fingerprint density at radius 3 is 2.45 bits per heavy atom. The average molecular weight is 465 g/mol. The Bertz CT molecular complexity index is 994. The van der Waals surface area contributed by atoms with Crippen LogP contribution in [0.2, 0.25) is 0 Å². The molecule has 1 atom stereocenters. The summed E-state index contributed by atoms with van der Waals surface area (Å²) in [5.41, 5.74) is 0.990. The number of para-hydroxylation sites is 2. The molecule has 1 fully saturated rings. The minimum atomic E-state index is -4.79. The summed E-state index contributed by atoms with van der Waals surface area (Å²) in [6, 6.07) is 12.0. The molecular weight excluding hydrogens is 443 g/mol. The highest BCUT2D eigenvalue weighted by Crippen LogP contribution is 2.33. The SMILES string of the molecule is O=C(CN1CC(C(=O)N2CCOCC2)Oc2ccccc21)Nc1ccc(OC(F)(F)F)cc1. The van der Waals surface area contributed by atoms with Gasteiger partial charge in [0.05, 0.1) is 32.0 Å². The molecule has 4 rings (SSSR count). The van der Waals surface area contributed by atoms with Crippen molar-refractivity contribution in [2.24, 2.45) is 0 Å². The van der Waals surface area contributed by atoms with Crippen molar-refractivity contribution in [3.05, 3.63) is 48.5 Å². The van der Waals surface area contributed by atoms with Crippen LogP contribution in [0.4, 0.5) is 24.5 Å². The smallest absolute Gasteiger partial charge is 0.477 e. The van der Waals surface area contributed by atoms with Crippen LogP contribution in [0.1, 0.15) is 0 Å². The van der Waals surface area contributed by atoms with E-state index < -0.39 is 18.4 Å². The van der Waals surface area contributed by atoms with Crippen molar-refractivity contribution in [3.8, 4) is 11.5 Å². The molecule has 0 aromatic heterocycles. The van der Waals surface area contributed by atoms with Crippen LogP contribution >= 0.6 is 0 Å². The van der Waals surface area contributed by atoms with E-state index in [1.807, 2.05) is 0 Å². The van der Waals surface area contributed by atoms with Crippen molar-refractivity contribution < 1.29 is 37.0 Å². The van der Waals surface area contributed by atoms with Gasteiger partial charge in [-0.3, -0.25) is 9.59 Å². The van der Waals surface area contributed by atoms with Crippen LogP contribution in [-0.2, 0) is 14.3 Å². The van der Waals surface area contributed by atoms with Gasteiger partial charge in [-0.05, 0) is 36.4 Å². The normalized spacial score (nSPS) is 18.2. The lowest BCUT2D eigenvalue weighted by Crippen LogP contribution is -2.53. The van der Waals surface area contributed by atoms with E-state index in [1.165, 1.54) is 12.1 Å². The van der Waals surface area contributed by atoms with Crippen LogP contribution in [0.5, 0.6) is 11.5 Å². The highest BCUT2D eigenvalue weighted by molar-refractivity contribution is 5.95. The van der Waals surface area contributed by atoms with E-state index in [2.05, 4.69) is 10.1 Å². The highest BCUT2D eigenvalue weighted by atomic mass is 19.4. The van der Waals surface area contributed by atoms with Crippen LogP contribution in [0.15, 0.2) is 48.5 Å². The van der Waals surface area contributed by atoms with Gasteiger partial charge in [0, 0.05) is 18.8 Å². The minimum absolute atomic E-state index is 0.0753. The van der Waals surface area contributed by atoms with E-state index >= 15 is 0 Å². The van der Waals surface area contributed by atoms with Gasteiger partial charge < -0.3 is 29.3 Å². The maximum atomic E-state index is 12.9. The molecule has 2 amide bonds. The van der Waals surface area contributed by atoms with Crippen molar-refractivity contribution >= 4 is 23.2 Å². The van der Waals surface area contributed by atoms with Crippen LogP contribution in [0.25, 0.3) is 0 Å². The second kappa shape index (κ2) is 9.57. The van der Waals surface area contributed by atoms with Crippen LogP contribution in [-0.4, -0.2) is 68.6 Å². The van der Waals surface area contributed by atoms with Crippen molar-refractivity contribution in [1.82, 2.24) is 4.90 Å². The zero-order valence-corrected chi connectivity index (χ0v) is 17.5. The number of anilines is 2. The second-order valence-electron chi connectivity index (χ2n) is 7.51. The van der Waals surface area contributed by atoms with Crippen molar-refractivity contribution in [2.75, 3.05) is 49.6 Å². The number of nitrogens with zero attached hydrogens (tertiary/aromatic N) is 2. The first-order chi connectivity index (χ1) is 15.8. The zero-order chi connectivity index (χ0) is 23.4.